The van der Waals surface area contributed by atoms with E-state index in [0.717, 1.165) is 22.7 Å². The number of aromatic nitrogens is 7. The Hall–Kier alpha value is -3.43. The Morgan fingerprint density at radius 2 is 2.07 bits per heavy atom. The number of aryl methyl sites for hydroxylation is 1. The van der Waals surface area contributed by atoms with Crippen molar-refractivity contribution in [1.82, 2.24) is 34.6 Å². The zero-order valence-corrected chi connectivity index (χ0v) is 14.3. The molecule has 0 fully saturated rings. The summed E-state index contributed by atoms with van der Waals surface area (Å²) in [7, 11) is 0. The van der Waals surface area contributed by atoms with Crippen LogP contribution in [0.1, 0.15) is 49.8 Å². The van der Waals surface area contributed by atoms with Crippen LogP contribution < -0.4 is 4.74 Å². The van der Waals surface area contributed by atoms with Gasteiger partial charge in [0.25, 0.3) is 0 Å². The molecule has 0 spiro atoms. The monoisotopic (exact) mass is 412 g/mol. The van der Waals surface area contributed by atoms with Crippen molar-refractivity contribution in [3.63, 3.8) is 0 Å². The van der Waals surface area contributed by atoms with E-state index < -0.39 is 91.8 Å². The van der Waals surface area contributed by atoms with E-state index in [2.05, 4.69) is 25.4 Å². The standard InChI is InChI=1S/C19H19F2N7O/c1-19(2,3)13-8-15-24-25-17(12-7-11(20)5-6-14(12)21)28(15)26-18(13)29-9-16-22-10-23-27(16)4/h5-8,10H,9H2,1-4H3/i1D3,2D3,3D3,4D3,10D. The summed E-state index contributed by atoms with van der Waals surface area (Å²) in [6.07, 6.45) is -0.738. The summed E-state index contributed by atoms with van der Waals surface area (Å²) in [5, 5.41) is 14.9. The molecule has 0 amide bonds. The van der Waals surface area contributed by atoms with E-state index in [1.165, 1.54) is 0 Å². The van der Waals surface area contributed by atoms with Crippen LogP contribution in [0.5, 0.6) is 5.88 Å². The molecule has 0 aliphatic heterocycles. The van der Waals surface area contributed by atoms with Crippen LogP contribution in [0.3, 0.4) is 0 Å². The summed E-state index contributed by atoms with van der Waals surface area (Å²) < 4.78 is 138. The highest BCUT2D eigenvalue weighted by Gasteiger charge is 2.24. The van der Waals surface area contributed by atoms with Crippen molar-refractivity contribution in [2.24, 2.45) is 6.98 Å². The van der Waals surface area contributed by atoms with Crippen molar-refractivity contribution in [3.05, 3.63) is 53.6 Å². The van der Waals surface area contributed by atoms with E-state index in [0.29, 0.717) is 10.7 Å². The third-order valence-electron chi connectivity index (χ3n) is 3.84. The van der Waals surface area contributed by atoms with E-state index in [4.69, 9.17) is 22.6 Å². The highest BCUT2D eigenvalue weighted by molar-refractivity contribution is 5.60. The molecule has 0 saturated heterocycles. The quantitative estimate of drug-likeness (QED) is 0.512. The van der Waals surface area contributed by atoms with E-state index in [1.54, 1.807) is 0 Å². The van der Waals surface area contributed by atoms with Gasteiger partial charge in [0.2, 0.25) is 5.88 Å². The lowest BCUT2D eigenvalue weighted by molar-refractivity contribution is 0.266. The number of halogens is 2. The van der Waals surface area contributed by atoms with Crippen molar-refractivity contribution >= 4 is 5.65 Å². The normalized spacial score (nSPS) is 20.3. The first-order chi connectivity index (χ1) is 19.1. The molecule has 0 atom stereocenters. The van der Waals surface area contributed by atoms with Crippen molar-refractivity contribution in [3.8, 4) is 17.3 Å². The van der Waals surface area contributed by atoms with Gasteiger partial charge in [0.15, 0.2) is 17.3 Å². The van der Waals surface area contributed by atoms with Crippen LogP contribution in [-0.2, 0) is 19.0 Å². The van der Waals surface area contributed by atoms with E-state index in [9.17, 15) is 8.78 Å². The summed E-state index contributed by atoms with van der Waals surface area (Å²) in [6.45, 7) is -15.2. The summed E-state index contributed by atoms with van der Waals surface area (Å²) in [4.78, 5) is 3.62. The molecule has 8 nitrogen and oxygen atoms in total. The Labute approximate surface area is 183 Å². The molecule has 150 valence electrons. The molecule has 0 N–H and O–H groups in total. The summed E-state index contributed by atoms with van der Waals surface area (Å²) in [5.41, 5.74) is -5.61. The molecule has 0 radical (unpaired) electrons. The SMILES string of the molecule is [2H]c1nc(COc2nn3c(-c4cc(F)ccc4F)nnc3cc2C(C([2H])([2H])[2H])(C([2H])([2H])[2H])C([2H])([2H])[2H])n(C([2H])([2H])[2H])n1. The molecule has 1 aromatic carbocycles. The Balaban J connectivity index is 2.05. The highest BCUT2D eigenvalue weighted by Crippen LogP contribution is 2.32. The molecule has 4 aromatic rings. The molecule has 29 heavy (non-hydrogen) atoms. The molecule has 3 heterocycles. The number of hydrogen-bond donors (Lipinski definition) is 0. The van der Waals surface area contributed by atoms with Gasteiger partial charge in [-0.3, -0.25) is 4.68 Å². The number of ether oxygens (including phenoxy) is 1. The van der Waals surface area contributed by atoms with Gasteiger partial charge in [-0.2, -0.15) is 9.61 Å². The van der Waals surface area contributed by atoms with Crippen molar-refractivity contribution in [2.45, 2.75) is 32.6 Å². The average Bonchev–Trinajstić information content (AvgIpc) is 3.39. The molecule has 0 aliphatic carbocycles. The minimum atomic E-state index is -3.77. The fourth-order valence-corrected chi connectivity index (χ4v) is 2.48. The molecule has 10 heteroatoms. The Morgan fingerprint density at radius 1 is 1.21 bits per heavy atom. The second-order valence-corrected chi connectivity index (χ2v) is 5.86. The van der Waals surface area contributed by atoms with Gasteiger partial charge in [-0.25, -0.2) is 13.8 Å². The highest BCUT2D eigenvalue weighted by atomic mass is 19.1. The van der Waals surface area contributed by atoms with Gasteiger partial charge in [0.05, 0.1) is 5.56 Å². The predicted octanol–water partition coefficient (Wildman–Crippen LogP) is 3.07. The second-order valence-electron chi connectivity index (χ2n) is 5.86. The molecular formula is C19H19F2N7O. The van der Waals surface area contributed by atoms with Gasteiger partial charge < -0.3 is 4.74 Å². The van der Waals surface area contributed by atoms with E-state index in [-0.39, 0.29) is 0 Å². The summed E-state index contributed by atoms with van der Waals surface area (Å²) in [6, 6.07) is 3.06. The Bertz CT molecular complexity index is 1600. The van der Waals surface area contributed by atoms with Gasteiger partial charge in [-0.05, 0) is 29.7 Å². The van der Waals surface area contributed by atoms with Crippen molar-refractivity contribution in [1.29, 1.82) is 0 Å². The molecule has 0 unspecified atom stereocenters. The Morgan fingerprint density at radius 3 is 2.86 bits per heavy atom. The van der Waals surface area contributed by atoms with Crippen LogP contribution in [0.25, 0.3) is 17.0 Å². The van der Waals surface area contributed by atoms with Crippen LogP contribution in [0.2, 0.25) is 0 Å². The smallest absolute Gasteiger partial charge is 0.236 e. The number of benzene rings is 1. The van der Waals surface area contributed by atoms with Gasteiger partial charge in [-0.15, -0.1) is 15.3 Å². The molecule has 0 saturated carbocycles. The number of rotatable bonds is 4. The van der Waals surface area contributed by atoms with E-state index >= 15 is 0 Å². The topological polar surface area (TPSA) is 83.0 Å². The maximum Gasteiger partial charge on any atom is 0.236 e. The molecule has 0 aliphatic rings. The van der Waals surface area contributed by atoms with Gasteiger partial charge in [0, 0.05) is 29.0 Å². The first-order valence-corrected chi connectivity index (χ1v) is 7.88. The van der Waals surface area contributed by atoms with Crippen LogP contribution in [0.15, 0.2) is 30.6 Å². The van der Waals surface area contributed by atoms with Crippen LogP contribution in [-0.4, -0.2) is 34.6 Å². The number of hydrogen-bond acceptors (Lipinski definition) is 6. The lowest BCUT2D eigenvalue weighted by Crippen LogP contribution is -2.17. The van der Waals surface area contributed by atoms with Gasteiger partial charge in [0.1, 0.15) is 25.9 Å². The van der Waals surface area contributed by atoms with Crippen LogP contribution in [0.4, 0.5) is 8.78 Å². The van der Waals surface area contributed by atoms with Crippen molar-refractivity contribution in [2.75, 3.05) is 0 Å². The molecule has 3 aromatic heterocycles. The van der Waals surface area contributed by atoms with Crippen molar-refractivity contribution < 1.29 is 31.3 Å². The van der Waals surface area contributed by atoms with Gasteiger partial charge in [-0.1, -0.05) is 20.6 Å². The zero-order chi connectivity index (χ0) is 31.6. The third-order valence-corrected chi connectivity index (χ3v) is 3.84. The maximum atomic E-state index is 14.6. The largest absolute Gasteiger partial charge is 0.468 e. The fourth-order valence-electron chi connectivity index (χ4n) is 2.48. The zero-order valence-electron chi connectivity index (χ0n) is 27.3. The van der Waals surface area contributed by atoms with Crippen LogP contribution in [0, 0.1) is 11.6 Å². The van der Waals surface area contributed by atoms with E-state index in [1.807, 2.05) is 0 Å². The van der Waals surface area contributed by atoms with Gasteiger partial charge >= 0.3 is 0 Å². The molecule has 4 rings (SSSR count). The lowest BCUT2D eigenvalue weighted by Gasteiger charge is -2.21. The average molecular weight is 412 g/mol. The lowest BCUT2D eigenvalue weighted by atomic mass is 9.88. The minimum absolute atomic E-state index is 0.338. The third kappa shape index (κ3) is 3.53. The Kier molecular flexibility index (Phi) is 2.12. The second kappa shape index (κ2) is 6.87. The first-order valence-electron chi connectivity index (χ1n) is 14.4. The first kappa shape index (κ1) is 8.93. The summed E-state index contributed by atoms with van der Waals surface area (Å²) >= 11 is 0. The number of fused-ring (bicyclic) bond motifs is 1. The predicted molar refractivity (Wildman–Crippen MR) is 100 cm³/mol. The number of nitrogens with zero attached hydrogens (tertiary/aromatic N) is 7. The minimum Gasteiger partial charge on any atom is -0.468 e. The molecular weight excluding hydrogens is 380 g/mol. The van der Waals surface area contributed by atoms with Crippen LogP contribution >= 0.6 is 0 Å². The fraction of sp³-hybridized carbons (Fsp3) is 0.316. The molecule has 0 bridgehead atoms. The summed E-state index contributed by atoms with van der Waals surface area (Å²) in [5.74, 6) is -3.81. The maximum absolute atomic E-state index is 14.6.